The SMILES string of the molecule is Br.CCc1ccc(-c2csc(Nc3cccc(OC)c3)n2)cc1. The standard InChI is InChI=1S/C18H18N2OS.BrH/c1-3-13-7-9-14(10-8-13)17-12-22-18(20-17)19-15-5-4-6-16(11-15)21-2;/h4-12H,3H2,1-2H3,(H,19,20);1H. The van der Waals surface area contributed by atoms with Crippen molar-refractivity contribution in [1.29, 1.82) is 0 Å². The van der Waals surface area contributed by atoms with Gasteiger partial charge in [-0.25, -0.2) is 4.98 Å². The van der Waals surface area contributed by atoms with Gasteiger partial charge in [-0.3, -0.25) is 0 Å². The summed E-state index contributed by atoms with van der Waals surface area (Å²) in [6.45, 7) is 2.16. The molecule has 3 rings (SSSR count). The molecule has 3 nitrogen and oxygen atoms in total. The van der Waals surface area contributed by atoms with Crippen LogP contribution in [0.1, 0.15) is 12.5 Å². The van der Waals surface area contributed by atoms with Crippen molar-refractivity contribution in [3.63, 3.8) is 0 Å². The second-order valence-electron chi connectivity index (χ2n) is 4.95. The molecule has 0 aliphatic carbocycles. The fourth-order valence-electron chi connectivity index (χ4n) is 2.20. The van der Waals surface area contributed by atoms with Gasteiger partial charge in [-0.2, -0.15) is 0 Å². The molecule has 0 atom stereocenters. The number of aryl methyl sites for hydroxylation is 1. The summed E-state index contributed by atoms with van der Waals surface area (Å²) in [5, 5.41) is 6.27. The van der Waals surface area contributed by atoms with Crippen LogP contribution >= 0.6 is 28.3 Å². The number of nitrogens with zero attached hydrogens (tertiary/aromatic N) is 1. The Morgan fingerprint density at radius 1 is 1.13 bits per heavy atom. The fraction of sp³-hybridized carbons (Fsp3) is 0.167. The van der Waals surface area contributed by atoms with E-state index in [2.05, 4.69) is 46.9 Å². The third kappa shape index (κ3) is 4.33. The van der Waals surface area contributed by atoms with Crippen LogP contribution in [0.4, 0.5) is 10.8 Å². The number of ether oxygens (including phenoxy) is 1. The van der Waals surface area contributed by atoms with Crippen LogP contribution < -0.4 is 10.1 Å². The molecule has 1 aromatic heterocycles. The number of aromatic nitrogens is 1. The molecule has 0 unspecified atom stereocenters. The average molecular weight is 391 g/mol. The van der Waals surface area contributed by atoms with Gasteiger partial charge in [0.25, 0.3) is 0 Å². The maximum absolute atomic E-state index is 5.23. The zero-order valence-corrected chi connectivity index (χ0v) is 15.6. The van der Waals surface area contributed by atoms with Gasteiger partial charge in [0.2, 0.25) is 0 Å². The summed E-state index contributed by atoms with van der Waals surface area (Å²) >= 11 is 1.60. The number of hydrogen-bond acceptors (Lipinski definition) is 4. The Balaban J connectivity index is 0.00000192. The Morgan fingerprint density at radius 2 is 1.91 bits per heavy atom. The molecule has 3 aromatic rings. The number of thiazole rings is 1. The van der Waals surface area contributed by atoms with E-state index >= 15 is 0 Å². The van der Waals surface area contributed by atoms with Crippen molar-refractivity contribution in [2.45, 2.75) is 13.3 Å². The van der Waals surface area contributed by atoms with Crippen LogP contribution in [-0.2, 0) is 6.42 Å². The predicted octanol–water partition coefficient (Wildman–Crippen LogP) is 5.70. The molecule has 1 heterocycles. The molecule has 0 spiro atoms. The van der Waals surface area contributed by atoms with Crippen molar-refractivity contribution in [3.05, 3.63) is 59.5 Å². The van der Waals surface area contributed by atoms with E-state index in [1.54, 1.807) is 18.4 Å². The first-order valence-electron chi connectivity index (χ1n) is 7.24. The van der Waals surface area contributed by atoms with Crippen LogP contribution in [-0.4, -0.2) is 12.1 Å². The van der Waals surface area contributed by atoms with E-state index in [0.29, 0.717) is 0 Å². The van der Waals surface area contributed by atoms with Crippen molar-refractivity contribution in [2.75, 3.05) is 12.4 Å². The van der Waals surface area contributed by atoms with Crippen LogP contribution in [0, 0.1) is 0 Å². The average Bonchev–Trinajstić information content (AvgIpc) is 3.03. The topological polar surface area (TPSA) is 34.1 Å². The first-order valence-corrected chi connectivity index (χ1v) is 8.12. The summed E-state index contributed by atoms with van der Waals surface area (Å²) in [4.78, 5) is 4.65. The first-order chi connectivity index (χ1) is 10.8. The highest BCUT2D eigenvalue weighted by molar-refractivity contribution is 8.93. The molecule has 0 radical (unpaired) electrons. The second kappa shape index (κ2) is 8.13. The first kappa shape index (κ1) is 17.5. The number of benzene rings is 2. The minimum absolute atomic E-state index is 0. The minimum Gasteiger partial charge on any atom is -0.497 e. The van der Waals surface area contributed by atoms with Crippen LogP contribution in [0.2, 0.25) is 0 Å². The van der Waals surface area contributed by atoms with Crippen molar-refractivity contribution < 1.29 is 4.74 Å². The van der Waals surface area contributed by atoms with Gasteiger partial charge in [0.15, 0.2) is 5.13 Å². The molecule has 0 aliphatic heterocycles. The van der Waals surface area contributed by atoms with Gasteiger partial charge >= 0.3 is 0 Å². The maximum Gasteiger partial charge on any atom is 0.187 e. The lowest BCUT2D eigenvalue weighted by atomic mass is 10.1. The largest absolute Gasteiger partial charge is 0.497 e. The number of rotatable bonds is 5. The van der Waals surface area contributed by atoms with Crippen molar-refractivity contribution >= 4 is 39.1 Å². The van der Waals surface area contributed by atoms with Crippen molar-refractivity contribution in [2.24, 2.45) is 0 Å². The summed E-state index contributed by atoms with van der Waals surface area (Å²) in [6, 6.07) is 16.4. The molecule has 5 heteroatoms. The molecular formula is C18H19BrN2OS. The van der Waals surface area contributed by atoms with Crippen molar-refractivity contribution in [3.8, 4) is 17.0 Å². The summed E-state index contributed by atoms with van der Waals surface area (Å²) in [7, 11) is 1.67. The molecular weight excluding hydrogens is 372 g/mol. The van der Waals surface area contributed by atoms with Crippen LogP contribution in [0.5, 0.6) is 5.75 Å². The Kier molecular flexibility index (Phi) is 6.19. The molecule has 0 saturated heterocycles. The summed E-state index contributed by atoms with van der Waals surface area (Å²) in [6.07, 6.45) is 1.06. The number of methoxy groups -OCH3 is 1. The number of nitrogens with one attached hydrogen (secondary N) is 1. The lowest BCUT2D eigenvalue weighted by Gasteiger charge is -2.05. The molecule has 23 heavy (non-hydrogen) atoms. The normalized spacial score (nSPS) is 10.0. The van der Waals surface area contributed by atoms with E-state index in [-0.39, 0.29) is 17.0 Å². The number of halogens is 1. The van der Waals surface area contributed by atoms with E-state index in [9.17, 15) is 0 Å². The lowest BCUT2D eigenvalue weighted by molar-refractivity contribution is 0.415. The fourth-order valence-corrected chi connectivity index (χ4v) is 2.94. The summed E-state index contributed by atoms with van der Waals surface area (Å²) < 4.78 is 5.23. The molecule has 1 N–H and O–H groups in total. The number of anilines is 2. The molecule has 0 amide bonds. The van der Waals surface area contributed by atoms with Gasteiger partial charge in [-0.1, -0.05) is 37.3 Å². The monoisotopic (exact) mass is 390 g/mol. The molecule has 2 aromatic carbocycles. The zero-order valence-electron chi connectivity index (χ0n) is 13.1. The zero-order chi connectivity index (χ0) is 15.4. The Labute approximate surface area is 151 Å². The molecule has 0 aliphatic rings. The van der Waals surface area contributed by atoms with Gasteiger partial charge in [-0.05, 0) is 24.1 Å². The van der Waals surface area contributed by atoms with E-state index in [4.69, 9.17) is 4.74 Å². The smallest absolute Gasteiger partial charge is 0.187 e. The molecule has 0 bridgehead atoms. The Bertz CT molecular complexity index is 756. The van der Waals surface area contributed by atoms with Crippen molar-refractivity contribution in [1.82, 2.24) is 4.98 Å². The van der Waals surface area contributed by atoms with E-state index in [1.165, 1.54) is 5.56 Å². The molecule has 0 saturated carbocycles. The second-order valence-corrected chi connectivity index (χ2v) is 5.80. The lowest BCUT2D eigenvalue weighted by Crippen LogP contribution is -1.91. The highest BCUT2D eigenvalue weighted by atomic mass is 79.9. The van der Waals surface area contributed by atoms with Gasteiger partial charge in [0.1, 0.15) is 5.75 Å². The van der Waals surface area contributed by atoms with Crippen LogP contribution in [0.15, 0.2) is 53.9 Å². The third-order valence-electron chi connectivity index (χ3n) is 3.48. The third-order valence-corrected chi connectivity index (χ3v) is 4.24. The highest BCUT2D eigenvalue weighted by Gasteiger charge is 2.05. The molecule has 120 valence electrons. The summed E-state index contributed by atoms with van der Waals surface area (Å²) in [5.74, 6) is 0.830. The van der Waals surface area contributed by atoms with Gasteiger partial charge in [0.05, 0.1) is 12.8 Å². The number of hydrogen-bond donors (Lipinski definition) is 1. The van der Waals surface area contributed by atoms with Gasteiger partial charge in [-0.15, -0.1) is 28.3 Å². The Hall–Kier alpha value is -1.85. The van der Waals surface area contributed by atoms with E-state index in [0.717, 1.165) is 34.2 Å². The Morgan fingerprint density at radius 3 is 2.61 bits per heavy atom. The van der Waals surface area contributed by atoms with E-state index in [1.807, 2.05) is 24.3 Å². The molecule has 0 fully saturated rings. The van der Waals surface area contributed by atoms with Gasteiger partial charge in [0, 0.05) is 22.7 Å². The predicted molar refractivity (Wildman–Crippen MR) is 104 cm³/mol. The maximum atomic E-state index is 5.23. The highest BCUT2D eigenvalue weighted by Crippen LogP contribution is 2.28. The van der Waals surface area contributed by atoms with Crippen LogP contribution in [0.25, 0.3) is 11.3 Å². The van der Waals surface area contributed by atoms with Crippen LogP contribution in [0.3, 0.4) is 0 Å². The summed E-state index contributed by atoms with van der Waals surface area (Å²) in [5.41, 5.74) is 4.46. The minimum atomic E-state index is 0. The quantitative estimate of drug-likeness (QED) is 0.606. The van der Waals surface area contributed by atoms with E-state index < -0.39 is 0 Å². The van der Waals surface area contributed by atoms with Gasteiger partial charge < -0.3 is 10.1 Å².